The maximum atomic E-state index is 12.6. The number of rotatable bonds is 2. The molecule has 1 atom stereocenters. The summed E-state index contributed by atoms with van der Waals surface area (Å²) >= 11 is 1.44. The number of carbonyl (C=O) groups is 1. The molecule has 1 aromatic carbocycles. The SMILES string of the molecule is CSC1CCN(c2cccc(C(F)(F)F)c2)C1=O. The van der Waals surface area contributed by atoms with Crippen molar-refractivity contribution in [3.05, 3.63) is 29.8 Å². The minimum Gasteiger partial charge on any atom is -0.311 e. The highest BCUT2D eigenvalue weighted by atomic mass is 32.2. The van der Waals surface area contributed by atoms with Gasteiger partial charge in [-0.05, 0) is 30.9 Å². The number of thioether (sulfide) groups is 1. The van der Waals surface area contributed by atoms with Crippen LogP contribution in [0.5, 0.6) is 0 Å². The standard InChI is InChI=1S/C12H12F3NOS/c1-18-10-5-6-16(11(10)17)9-4-2-3-8(7-9)12(13,14)15/h2-4,7,10H,5-6H2,1H3. The van der Waals surface area contributed by atoms with Crippen LogP contribution >= 0.6 is 11.8 Å². The lowest BCUT2D eigenvalue weighted by Gasteiger charge is -2.18. The molecule has 0 aliphatic carbocycles. The molecule has 0 bridgehead atoms. The zero-order valence-electron chi connectivity index (χ0n) is 9.70. The Morgan fingerprint density at radius 2 is 2.11 bits per heavy atom. The molecule has 18 heavy (non-hydrogen) atoms. The molecular formula is C12H12F3NOS. The van der Waals surface area contributed by atoms with Gasteiger partial charge in [0.05, 0.1) is 10.8 Å². The Hall–Kier alpha value is -1.17. The lowest BCUT2D eigenvalue weighted by Crippen LogP contribution is -2.28. The number of halogens is 3. The van der Waals surface area contributed by atoms with Crippen molar-refractivity contribution in [2.45, 2.75) is 17.8 Å². The summed E-state index contributed by atoms with van der Waals surface area (Å²) in [5.41, 5.74) is -0.397. The van der Waals surface area contributed by atoms with Crippen LogP contribution in [0.2, 0.25) is 0 Å². The third kappa shape index (κ3) is 2.48. The Bertz CT molecular complexity index is 461. The largest absolute Gasteiger partial charge is 0.416 e. The van der Waals surface area contributed by atoms with E-state index in [-0.39, 0.29) is 11.2 Å². The van der Waals surface area contributed by atoms with Gasteiger partial charge in [0, 0.05) is 12.2 Å². The summed E-state index contributed by atoms with van der Waals surface area (Å²) in [5.74, 6) is -0.109. The molecule has 0 aromatic heterocycles. The Morgan fingerprint density at radius 1 is 1.39 bits per heavy atom. The van der Waals surface area contributed by atoms with Crippen LogP contribution in [0.3, 0.4) is 0 Å². The van der Waals surface area contributed by atoms with Gasteiger partial charge >= 0.3 is 6.18 Å². The van der Waals surface area contributed by atoms with Crippen molar-refractivity contribution in [3.8, 4) is 0 Å². The number of amides is 1. The highest BCUT2D eigenvalue weighted by Crippen LogP contribution is 2.33. The second-order valence-electron chi connectivity index (χ2n) is 4.05. The lowest BCUT2D eigenvalue weighted by atomic mass is 10.2. The highest BCUT2D eigenvalue weighted by molar-refractivity contribution is 8.00. The summed E-state index contributed by atoms with van der Waals surface area (Å²) in [4.78, 5) is 13.3. The quantitative estimate of drug-likeness (QED) is 0.826. The highest BCUT2D eigenvalue weighted by Gasteiger charge is 2.34. The lowest BCUT2D eigenvalue weighted by molar-refractivity contribution is -0.137. The molecule has 0 radical (unpaired) electrons. The van der Waals surface area contributed by atoms with Crippen molar-refractivity contribution in [2.24, 2.45) is 0 Å². The number of alkyl halides is 3. The molecule has 0 saturated carbocycles. The van der Waals surface area contributed by atoms with Crippen LogP contribution in [-0.2, 0) is 11.0 Å². The number of hydrogen-bond acceptors (Lipinski definition) is 2. The van der Waals surface area contributed by atoms with E-state index in [0.717, 1.165) is 12.1 Å². The summed E-state index contributed by atoms with van der Waals surface area (Å²) in [6.07, 6.45) is -1.87. The van der Waals surface area contributed by atoms with Crippen molar-refractivity contribution in [3.63, 3.8) is 0 Å². The smallest absolute Gasteiger partial charge is 0.311 e. The minimum absolute atomic E-state index is 0.109. The average Bonchev–Trinajstić information content (AvgIpc) is 2.69. The maximum Gasteiger partial charge on any atom is 0.416 e. The fraction of sp³-hybridized carbons (Fsp3) is 0.417. The van der Waals surface area contributed by atoms with Crippen LogP contribution in [0.4, 0.5) is 18.9 Å². The van der Waals surface area contributed by atoms with E-state index in [1.807, 2.05) is 6.26 Å². The summed E-state index contributed by atoms with van der Waals surface area (Å²) < 4.78 is 37.8. The van der Waals surface area contributed by atoms with Gasteiger partial charge in [-0.3, -0.25) is 4.79 Å². The van der Waals surface area contributed by atoms with Crippen LogP contribution in [0, 0.1) is 0 Å². The zero-order valence-corrected chi connectivity index (χ0v) is 10.5. The van der Waals surface area contributed by atoms with E-state index >= 15 is 0 Å². The molecule has 1 saturated heterocycles. The third-order valence-electron chi connectivity index (χ3n) is 2.93. The van der Waals surface area contributed by atoms with E-state index in [4.69, 9.17) is 0 Å². The van der Waals surface area contributed by atoms with Gasteiger partial charge in [-0.1, -0.05) is 6.07 Å². The topological polar surface area (TPSA) is 20.3 Å². The molecule has 1 aliphatic heterocycles. The molecule has 0 N–H and O–H groups in total. The molecule has 2 rings (SSSR count). The minimum atomic E-state index is -4.38. The first-order chi connectivity index (χ1) is 8.43. The number of benzene rings is 1. The van der Waals surface area contributed by atoms with Gasteiger partial charge in [0.15, 0.2) is 0 Å². The van der Waals surface area contributed by atoms with Crippen molar-refractivity contribution in [2.75, 3.05) is 17.7 Å². The van der Waals surface area contributed by atoms with E-state index in [1.54, 1.807) is 0 Å². The first-order valence-electron chi connectivity index (χ1n) is 5.45. The second-order valence-corrected chi connectivity index (χ2v) is 5.09. The van der Waals surface area contributed by atoms with Crippen molar-refractivity contribution < 1.29 is 18.0 Å². The van der Waals surface area contributed by atoms with E-state index < -0.39 is 11.7 Å². The van der Waals surface area contributed by atoms with Crippen LogP contribution in [-0.4, -0.2) is 24.0 Å². The van der Waals surface area contributed by atoms with Gasteiger partial charge in [-0.25, -0.2) is 0 Å². The molecule has 1 fully saturated rings. The molecule has 1 heterocycles. The van der Waals surface area contributed by atoms with E-state index in [2.05, 4.69) is 0 Å². The van der Waals surface area contributed by atoms with E-state index in [9.17, 15) is 18.0 Å². The number of nitrogens with zero attached hydrogens (tertiary/aromatic N) is 1. The predicted molar refractivity (Wildman–Crippen MR) is 65.7 cm³/mol. The van der Waals surface area contributed by atoms with Gasteiger partial charge < -0.3 is 4.90 Å². The molecule has 1 unspecified atom stereocenters. The van der Waals surface area contributed by atoms with Gasteiger partial charge in [-0.15, -0.1) is 0 Å². The Labute approximate surface area is 107 Å². The molecule has 1 aromatic rings. The first kappa shape index (κ1) is 13.3. The Morgan fingerprint density at radius 3 is 2.67 bits per heavy atom. The van der Waals surface area contributed by atoms with Gasteiger partial charge in [-0.2, -0.15) is 24.9 Å². The fourth-order valence-electron chi connectivity index (χ4n) is 1.98. The maximum absolute atomic E-state index is 12.6. The van der Waals surface area contributed by atoms with Crippen LogP contribution < -0.4 is 4.90 Å². The van der Waals surface area contributed by atoms with Crippen LogP contribution in [0.15, 0.2) is 24.3 Å². The summed E-state index contributed by atoms with van der Waals surface area (Å²) in [5, 5.41) is -0.139. The Balaban J connectivity index is 2.27. The molecule has 1 aliphatic rings. The summed E-state index contributed by atoms with van der Waals surface area (Å²) in [7, 11) is 0. The van der Waals surface area contributed by atoms with Crippen molar-refractivity contribution in [1.82, 2.24) is 0 Å². The van der Waals surface area contributed by atoms with Gasteiger partial charge in [0.1, 0.15) is 0 Å². The molecule has 6 heteroatoms. The van der Waals surface area contributed by atoms with Crippen LogP contribution in [0.25, 0.3) is 0 Å². The van der Waals surface area contributed by atoms with E-state index in [0.29, 0.717) is 18.7 Å². The molecule has 0 spiro atoms. The Kier molecular flexibility index (Phi) is 3.56. The monoisotopic (exact) mass is 275 g/mol. The van der Waals surface area contributed by atoms with Crippen molar-refractivity contribution in [1.29, 1.82) is 0 Å². The first-order valence-corrected chi connectivity index (χ1v) is 6.73. The number of carbonyl (C=O) groups excluding carboxylic acids is 1. The predicted octanol–water partition coefficient (Wildman–Crippen LogP) is 3.17. The van der Waals surface area contributed by atoms with Gasteiger partial charge in [0.25, 0.3) is 0 Å². The fourth-order valence-corrected chi connectivity index (χ4v) is 2.65. The van der Waals surface area contributed by atoms with E-state index in [1.165, 1.54) is 28.8 Å². The van der Waals surface area contributed by atoms with Crippen molar-refractivity contribution >= 4 is 23.4 Å². The average molecular weight is 275 g/mol. The molecule has 2 nitrogen and oxygen atoms in total. The zero-order chi connectivity index (χ0) is 13.3. The molecule has 1 amide bonds. The number of anilines is 1. The van der Waals surface area contributed by atoms with Crippen LogP contribution in [0.1, 0.15) is 12.0 Å². The number of hydrogen-bond donors (Lipinski definition) is 0. The van der Waals surface area contributed by atoms with Gasteiger partial charge in [0.2, 0.25) is 5.91 Å². The molecular weight excluding hydrogens is 263 g/mol. The summed E-state index contributed by atoms with van der Waals surface area (Å²) in [6.45, 7) is 0.478. The normalized spacial score (nSPS) is 20.6. The summed E-state index contributed by atoms with van der Waals surface area (Å²) in [6, 6.07) is 4.91. The second kappa shape index (κ2) is 4.84. The third-order valence-corrected chi connectivity index (χ3v) is 3.93. The molecule has 98 valence electrons.